The van der Waals surface area contributed by atoms with Crippen molar-refractivity contribution >= 4 is 9.24 Å². The lowest BCUT2D eigenvalue weighted by Crippen LogP contribution is -2.13. The summed E-state index contributed by atoms with van der Waals surface area (Å²) < 4.78 is 0. The summed E-state index contributed by atoms with van der Waals surface area (Å²) in [4.78, 5) is 4.74. The van der Waals surface area contributed by atoms with Crippen LogP contribution in [0.25, 0.3) is 0 Å². The van der Waals surface area contributed by atoms with Crippen LogP contribution in [0.4, 0.5) is 0 Å². The maximum atomic E-state index is 5.09. The molecule has 1 aliphatic rings. The minimum atomic E-state index is 0.655. The SMILES string of the molecule is CC1=C(ON)CC(P)CC1. The number of hydrogen-bond donors (Lipinski definition) is 1. The fraction of sp³-hybridized carbons (Fsp3) is 0.714. The summed E-state index contributed by atoms with van der Waals surface area (Å²) >= 11 is 0. The summed E-state index contributed by atoms with van der Waals surface area (Å²) in [6.45, 7) is 2.08. The lowest BCUT2D eigenvalue weighted by Gasteiger charge is -2.20. The second-order valence-electron chi connectivity index (χ2n) is 2.82. The molecule has 0 amide bonds. The highest BCUT2D eigenvalue weighted by atomic mass is 31.0. The van der Waals surface area contributed by atoms with Crippen LogP contribution in [0.15, 0.2) is 11.3 Å². The third kappa shape index (κ3) is 1.71. The van der Waals surface area contributed by atoms with Gasteiger partial charge in [0.1, 0.15) is 5.76 Å². The van der Waals surface area contributed by atoms with Crippen molar-refractivity contribution in [1.29, 1.82) is 0 Å². The standard InChI is InChI=1S/C7H14NOP/c1-5-2-3-6(10)4-7(5)9-8/h6H,2-4,8,10H2,1H3. The minimum absolute atomic E-state index is 0.655. The maximum Gasteiger partial charge on any atom is 0.123 e. The molecule has 1 rings (SSSR count). The van der Waals surface area contributed by atoms with Crippen molar-refractivity contribution in [2.45, 2.75) is 31.8 Å². The van der Waals surface area contributed by atoms with Gasteiger partial charge in [0.05, 0.1) is 0 Å². The topological polar surface area (TPSA) is 35.2 Å². The maximum absolute atomic E-state index is 5.09. The van der Waals surface area contributed by atoms with Crippen LogP contribution in [0.1, 0.15) is 26.2 Å². The number of rotatable bonds is 1. The van der Waals surface area contributed by atoms with Crippen LogP contribution < -0.4 is 5.90 Å². The van der Waals surface area contributed by atoms with E-state index >= 15 is 0 Å². The molecular weight excluding hydrogens is 145 g/mol. The lowest BCUT2D eigenvalue weighted by atomic mass is 9.99. The van der Waals surface area contributed by atoms with Crippen LogP contribution in [0.3, 0.4) is 0 Å². The van der Waals surface area contributed by atoms with Crippen molar-refractivity contribution in [2.75, 3.05) is 0 Å². The highest BCUT2D eigenvalue weighted by Gasteiger charge is 2.15. The van der Waals surface area contributed by atoms with E-state index < -0.39 is 0 Å². The fourth-order valence-corrected chi connectivity index (χ4v) is 1.59. The molecule has 0 saturated carbocycles. The van der Waals surface area contributed by atoms with Crippen molar-refractivity contribution in [1.82, 2.24) is 0 Å². The largest absolute Gasteiger partial charge is 0.416 e. The molecule has 0 fully saturated rings. The average Bonchev–Trinajstić information content (AvgIpc) is 1.94. The van der Waals surface area contributed by atoms with E-state index in [0.29, 0.717) is 5.66 Å². The van der Waals surface area contributed by atoms with Gasteiger partial charge in [-0.2, -0.15) is 5.90 Å². The zero-order valence-corrected chi connectivity index (χ0v) is 7.42. The average molecular weight is 159 g/mol. The molecule has 1 aliphatic carbocycles. The molecule has 0 aliphatic heterocycles. The molecule has 0 saturated heterocycles. The number of hydrogen-bond acceptors (Lipinski definition) is 2. The van der Waals surface area contributed by atoms with Crippen LogP contribution in [-0.2, 0) is 4.84 Å². The van der Waals surface area contributed by atoms with Gasteiger partial charge < -0.3 is 4.84 Å². The summed E-state index contributed by atoms with van der Waals surface area (Å²) in [5, 5.41) is 0. The normalized spacial score (nSPS) is 26.9. The van der Waals surface area contributed by atoms with Crippen molar-refractivity contribution in [2.24, 2.45) is 5.90 Å². The third-order valence-corrected chi connectivity index (χ3v) is 2.53. The zero-order chi connectivity index (χ0) is 7.56. The summed E-state index contributed by atoms with van der Waals surface area (Å²) in [6.07, 6.45) is 3.34. The van der Waals surface area contributed by atoms with E-state index in [1.165, 1.54) is 12.0 Å². The Morgan fingerprint density at radius 3 is 2.90 bits per heavy atom. The monoisotopic (exact) mass is 159 g/mol. The Morgan fingerprint density at radius 2 is 2.40 bits per heavy atom. The molecule has 2 N–H and O–H groups in total. The first-order valence-corrected chi connectivity index (χ1v) is 4.21. The first-order valence-electron chi connectivity index (χ1n) is 3.55. The molecule has 2 unspecified atom stereocenters. The van der Waals surface area contributed by atoms with E-state index in [1.54, 1.807) is 0 Å². The predicted molar refractivity (Wildman–Crippen MR) is 45.3 cm³/mol. The summed E-state index contributed by atoms with van der Waals surface area (Å²) in [5.41, 5.74) is 1.96. The fourth-order valence-electron chi connectivity index (χ4n) is 1.20. The molecule has 2 nitrogen and oxygen atoms in total. The molecule has 0 spiro atoms. The molecule has 0 bridgehead atoms. The highest BCUT2D eigenvalue weighted by molar-refractivity contribution is 7.17. The second kappa shape index (κ2) is 3.36. The van der Waals surface area contributed by atoms with Gasteiger partial charge in [-0.05, 0) is 31.0 Å². The van der Waals surface area contributed by atoms with E-state index in [2.05, 4.69) is 16.2 Å². The molecule has 2 atom stereocenters. The van der Waals surface area contributed by atoms with Gasteiger partial charge in [-0.3, -0.25) is 0 Å². The van der Waals surface area contributed by atoms with Gasteiger partial charge in [0.2, 0.25) is 0 Å². The van der Waals surface area contributed by atoms with Gasteiger partial charge in [-0.15, -0.1) is 9.24 Å². The van der Waals surface area contributed by atoms with Crippen molar-refractivity contribution in [3.8, 4) is 0 Å². The first-order chi connectivity index (χ1) is 4.74. The Morgan fingerprint density at radius 1 is 1.70 bits per heavy atom. The quantitative estimate of drug-likeness (QED) is 0.465. The van der Waals surface area contributed by atoms with Crippen molar-refractivity contribution in [3.63, 3.8) is 0 Å². The van der Waals surface area contributed by atoms with Crippen LogP contribution in [0, 0.1) is 0 Å². The van der Waals surface area contributed by atoms with Crippen molar-refractivity contribution in [3.05, 3.63) is 11.3 Å². The van der Waals surface area contributed by atoms with Crippen LogP contribution >= 0.6 is 9.24 Å². The third-order valence-electron chi connectivity index (χ3n) is 1.96. The second-order valence-corrected chi connectivity index (χ2v) is 3.77. The van der Waals surface area contributed by atoms with Gasteiger partial charge >= 0.3 is 0 Å². The molecule has 0 aromatic carbocycles. The molecule has 0 aromatic rings. The zero-order valence-electron chi connectivity index (χ0n) is 6.26. The Hall–Kier alpha value is -0.0700. The van der Waals surface area contributed by atoms with E-state index in [-0.39, 0.29) is 0 Å². The molecule has 0 aromatic heterocycles. The van der Waals surface area contributed by atoms with Gasteiger partial charge in [-0.25, -0.2) is 0 Å². The van der Waals surface area contributed by atoms with Gasteiger partial charge in [-0.1, -0.05) is 0 Å². The number of allylic oxidation sites excluding steroid dienone is 2. The summed E-state index contributed by atoms with van der Waals surface area (Å²) in [6, 6.07) is 0. The molecule has 0 heterocycles. The van der Waals surface area contributed by atoms with E-state index in [9.17, 15) is 0 Å². The van der Waals surface area contributed by atoms with Gasteiger partial charge in [0.25, 0.3) is 0 Å². The van der Waals surface area contributed by atoms with E-state index in [0.717, 1.165) is 18.6 Å². The molecule has 10 heavy (non-hydrogen) atoms. The Bertz CT molecular complexity index is 156. The molecule has 0 radical (unpaired) electrons. The highest BCUT2D eigenvalue weighted by Crippen LogP contribution is 2.28. The first kappa shape index (κ1) is 8.03. The summed E-state index contributed by atoms with van der Waals surface area (Å²) in [5.74, 6) is 6.07. The smallest absolute Gasteiger partial charge is 0.123 e. The van der Waals surface area contributed by atoms with Crippen LogP contribution in [0.5, 0.6) is 0 Å². The molecule has 3 heteroatoms. The van der Waals surface area contributed by atoms with E-state index in [1.807, 2.05) is 0 Å². The Labute approximate surface area is 64.0 Å². The van der Waals surface area contributed by atoms with Gasteiger partial charge in [0, 0.05) is 6.42 Å². The van der Waals surface area contributed by atoms with Crippen LogP contribution in [-0.4, -0.2) is 5.66 Å². The lowest BCUT2D eigenvalue weighted by molar-refractivity contribution is 0.199. The van der Waals surface area contributed by atoms with Gasteiger partial charge in [0.15, 0.2) is 0 Å². The minimum Gasteiger partial charge on any atom is -0.416 e. The van der Waals surface area contributed by atoms with E-state index in [4.69, 9.17) is 10.7 Å². The van der Waals surface area contributed by atoms with Crippen molar-refractivity contribution < 1.29 is 4.84 Å². The molecular formula is C7H14NOP. The Kier molecular flexibility index (Phi) is 2.70. The predicted octanol–water partition coefficient (Wildman–Crippen LogP) is 1.58. The Balaban J connectivity index is 2.62. The van der Waals surface area contributed by atoms with Crippen LogP contribution in [0.2, 0.25) is 0 Å². The number of nitrogens with two attached hydrogens (primary N) is 1. The summed E-state index contributed by atoms with van der Waals surface area (Å²) in [7, 11) is 2.81. The molecule has 58 valence electrons.